The second-order valence-electron chi connectivity index (χ2n) is 5.16. The van der Waals surface area contributed by atoms with Crippen molar-refractivity contribution in [2.45, 2.75) is 12.5 Å². The van der Waals surface area contributed by atoms with Crippen LogP contribution in [0.5, 0.6) is 0 Å². The van der Waals surface area contributed by atoms with Crippen LogP contribution in [0.3, 0.4) is 0 Å². The van der Waals surface area contributed by atoms with Crippen molar-refractivity contribution >= 4 is 0 Å². The van der Waals surface area contributed by atoms with E-state index >= 15 is 0 Å². The fourth-order valence-corrected chi connectivity index (χ4v) is 2.74. The smallest absolute Gasteiger partial charge is 0.0950 e. The third-order valence-electron chi connectivity index (χ3n) is 3.72. The van der Waals surface area contributed by atoms with E-state index in [2.05, 4.69) is 23.9 Å². The van der Waals surface area contributed by atoms with E-state index in [-0.39, 0.29) is 6.04 Å². The lowest BCUT2D eigenvalue weighted by Gasteiger charge is -2.28. The molecule has 0 amide bonds. The summed E-state index contributed by atoms with van der Waals surface area (Å²) >= 11 is 0. The zero-order chi connectivity index (χ0) is 12.3. The Morgan fingerprint density at radius 2 is 2.47 bits per heavy atom. The molecule has 2 unspecified atom stereocenters. The summed E-state index contributed by atoms with van der Waals surface area (Å²) in [5, 5.41) is 0. The Balaban J connectivity index is 1.91. The Bertz CT molecular complexity index is 325. The molecule has 0 bridgehead atoms. The van der Waals surface area contributed by atoms with Crippen LogP contribution in [0.1, 0.15) is 18.0 Å². The molecule has 2 N–H and O–H groups in total. The van der Waals surface area contributed by atoms with Gasteiger partial charge in [-0.1, -0.05) is 0 Å². The Labute approximate surface area is 103 Å². The minimum atomic E-state index is 0.277. The van der Waals surface area contributed by atoms with E-state index in [9.17, 15) is 0 Å². The molecule has 0 spiro atoms. The van der Waals surface area contributed by atoms with Crippen LogP contribution in [-0.4, -0.2) is 50.1 Å². The molecule has 1 fully saturated rings. The van der Waals surface area contributed by atoms with Crippen LogP contribution in [0.25, 0.3) is 0 Å². The molecule has 0 aromatic carbocycles. The maximum absolute atomic E-state index is 5.87. The Hall–Kier alpha value is -0.840. The molecule has 1 aliphatic heterocycles. The third kappa shape index (κ3) is 3.09. The fraction of sp³-hybridized carbons (Fsp3) is 0.692. The predicted molar refractivity (Wildman–Crippen MR) is 68.7 cm³/mol. The Kier molecular flexibility index (Phi) is 4.20. The molecule has 1 saturated heterocycles. The van der Waals surface area contributed by atoms with Crippen molar-refractivity contribution in [1.29, 1.82) is 0 Å². The third-order valence-corrected chi connectivity index (χ3v) is 3.72. The molecular formula is C13H23N3O. The fourth-order valence-electron chi connectivity index (χ4n) is 2.74. The van der Waals surface area contributed by atoms with E-state index in [1.807, 2.05) is 6.07 Å². The molecule has 2 atom stereocenters. The molecule has 4 heteroatoms. The van der Waals surface area contributed by atoms with Crippen LogP contribution in [-0.2, 0) is 0 Å². The molecule has 17 heavy (non-hydrogen) atoms. The molecule has 96 valence electrons. The van der Waals surface area contributed by atoms with Crippen LogP contribution in [0.15, 0.2) is 23.0 Å². The number of hydrogen-bond acceptors (Lipinski definition) is 4. The lowest BCUT2D eigenvalue weighted by atomic mass is 10.1. The zero-order valence-corrected chi connectivity index (χ0v) is 10.8. The van der Waals surface area contributed by atoms with E-state index in [1.165, 1.54) is 25.1 Å². The maximum Gasteiger partial charge on any atom is 0.0950 e. The average molecular weight is 237 g/mol. The number of hydrogen-bond donors (Lipinski definition) is 1. The lowest BCUT2D eigenvalue weighted by molar-refractivity contribution is 0.211. The van der Waals surface area contributed by atoms with Gasteiger partial charge in [-0.2, -0.15) is 0 Å². The van der Waals surface area contributed by atoms with Gasteiger partial charge in [-0.3, -0.25) is 4.90 Å². The second-order valence-corrected chi connectivity index (χ2v) is 5.16. The van der Waals surface area contributed by atoms with Crippen molar-refractivity contribution in [2.24, 2.45) is 11.7 Å². The maximum atomic E-state index is 5.87. The second kappa shape index (κ2) is 5.67. The van der Waals surface area contributed by atoms with Crippen molar-refractivity contribution in [3.8, 4) is 0 Å². The number of furan rings is 1. The van der Waals surface area contributed by atoms with Gasteiger partial charge in [-0.15, -0.1) is 0 Å². The summed E-state index contributed by atoms with van der Waals surface area (Å²) in [5.41, 5.74) is 7.05. The largest absolute Gasteiger partial charge is 0.472 e. The summed E-state index contributed by atoms with van der Waals surface area (Å²) in [6.45, 7) is 4.17. The molecule has 0 saturated carbocycles. The van der Waals surface area contributed by atoms with E-state index in [1.54, 1.807) is 12.5 Å². The van der Waals surface area contributed by atoms with E-state index in [4.69, 9.17) is 10.2 Å². The van der Waals surface area contributed by atoms with Crippen LogP contribution in [0.4, 0.5) is 0 Å². The average Bonchev–Trinajstić information content (AvgIpc) is 2.92. The molecule has 1 aliphatic rings. The molecule has 2 heterocycles. The minimum Gasteiger partial charge on any atom is -0.472 e. The number of nitrogens with zero attached hydrogens (tertiary/aromatic N) is 2. The topological polar surface area (TPSA) is 45.6 Å². The van der Waals surface area contributed by atoms with Gasteiger partial charge < -0.3 is 15.1 Å². The molecule has 0 radical (unpaired) electrons. The number of likely N-dealkylation sites (N-methyl/N-ethyl adjacent to an activating group) is 1. The number of likely N-dealkylation sites (tertiary alicyclic amines) is 1. The highest BCUT2D eigenvalue weighted by molar-refractivity contribution is 5.12. The molecule has 1 aromatic heterocycles. The van der Waals surface area contributed by atoms with Gasteiger partial charge in [0.15, 0.2) is 0 Å². The summed E-state index contributed by atoms with van der Waals surface area (Å²) in [4.78, 5) is 4.75. The van der Waals surface area contributed by atoms with Crippen molar-refractivity contribution in [3.63, 3.8) is 0 Å². The van der Waals surface area contributed by atoms with Gasteiger partial charge in [0, 0.05) is 31.2 Å². The molecule has 1 aromatic rings. The van der Waals surface area contributed by atoms with E-state index in [0.29, 0.717) is 6.54 Å². The van der Waals surface area contributed by atoms with Gasteiger partial charge in [0.25, 0.3) is 0 Å². The minimum absolute atomic E-state index is 0.277. The molecule has 0 aliphatic carbocycles. The van der Waals surface area contributed by atoms with Crippen LogP contribution in [0.2, 0.25) is 0 Å². The number of nitrogens with two attached hydrogens (primary N) is 1. The van der Waals surface area contributed by atoms with Crippen LogP contribution < -0.4 is 5.73 Å². The Morgan fingerprint density at radius 1 is 1.65 bits per heavy atom. The Morgan fingerprint density at radius 3 is 3.00 bits per heavy atom. The van der Waals surface area contributed by atoms with Crippen LogP contribution >= 0.6 is 0 Å². The first-order chi connectivity index (χ1) is 8.20. The molecule has 4 nitrogen and oxygen atoms in total. The predicted octanol–water partition coefficient (Wildman–Crippen LogP) is 1.16. The summed E-state index contributed by atoms with van der Waals surface area (Å²) < 4.78 is 5.14. The van der Waals surface area contributed by atoms with Gasteiger partial charge in [0.05, 0.1) is 12.5 Å². The van der Waals surface area contributed by atoms with Crippen LogP contribution in [0, 0.1) is 5.92 Å². The zero-order valence-electron chi connectivity index (χ0n) is 10.8. The highest BCUT2D eigenvalue weighted by Gasteiger charge is 2.24. The van der Waals surface area contributed by atoms with Gasteiger partial charge in [-0.05, 0) is 39.0 Å². The van der Waals surface area contributed by atoms with Crippen molar-refractivity contribution in [1.82, 2.24) is 9.80 Å². The lowest BCUT2D eigenvalue weighted by Crippen LogP contribution is -2.34. The monoisotopic (exact) mass is 237 g/mol. The first-order valence-electron chi connectivity index (χ1n) is 6.31. The summed E-state index contributed by atoms with van der Waals surface area (Å²) in [5.74, 6) is 0.769. The van der Waals surface area contributed by atoms with E-state index < -0.39 is 0 Å². The molecular weight excluding hydrogens is 214 g/mol. The van der Waals surface area contributed by atoms with Crippen molar-refractivity contribution < 1.29 is 4.42 Å². The first kappa shape index (κ1) is 12.6. The van der Waals surface area contributed by atoms with Gasteiger partial charge in [0.2, 0.25) is 0 Å². The summed E-state index contributed by atoms with van der Waals surface area (Å²) in [7, 11) is 4.35. The summed E-state index contributed by atoms with van der Waals surface area (Å²) in [6.07, 6.45) is 4.81. The van der Waals surface area contributed by atoms with E-state index in [0.717, 1.165) is 12.5 Å². The van der Waals surface area contributed by atoms with Gasteiger partial charge >= 0.3 is 0 Å². The highest BCUT2D eigenvalue weighted by Crippen LogP contribution is 2.22. The number of rotatable bonds is 5. The van der Waals surface area contributed by atoms with Crippen molar-refractivity contribution in [2.75, 3.05) is 40.3 Å². The SMILES string of the molecule is CN1CCC(CN(C)C(CN)c2ccoc2)C1. The molecule has 2 rings (SSSR count). The first-order valence-corrected chi connectivity index (χ1v) is 6.31. The highest BCUT2D eigenvalue weighted by atomic mass is 16.3. The van der Waals surface area contributed by atoms with Crippen molar-refractivity contribution in [3.05, 3.63) is 24.2 Å². The van der Waals surface area contributed by atoms with Gasteiger partial charge in [-0.25, -0.2) is 0 Å². The standard InChI is InChI=1S/C13H23N3O/c1-15-5-3-11(8-15)9-16(2)13(7-14)12-4-6-17-10-12/h4,6,10-11,13H,3,5,7-9,14H2,1-2H3. The van der Waals surface area contributed by atoms with Gasteiger partial charge in [0.1, 0.15) is 0 Å². The summed E-state index contributed by atoms with van der Waals surface area (Å²) in [6, 6.07) is 2.29. The normalized spacial score (nSPS) is 23.4. The quantitative estimate of drug-likeness (QED) is 0.835.